The molecule has 3 saturated heterocycles. The molecule has 1 N–H and O–H groups in total. The average molecular weight is 610 g/mol. The van der Waals surface area contributed by atoms with Gasteiger partial charge in [-0.3, -0.25) is 19.8 Å². The van der Waals surface area contributed by atoms with Gasteiger partial charge in [0.05, 0.1) is 40.8 Å². The normalized spacial score (nSPS) is 23.1. The van der Waals surface area contributed by atoms with Crippen LogP contribution in [0.1, 0.15) is 31.7 Å². The van der Waals surface area contributed by atoms with Crippen molar-refractivity contribution in [1.82, 2.24) is 30.0 Å². The Balaban J connectivity index is 1.38. The lowest BCUT2D eigenvalue weighted by atomic mass is 9.95. The van der Waals surface area contributed by atoms with Crippen LogP contribution in [-0.4, -0.2) is 93.5 Å². The molecule has 0 radical (unpaired) electrons. The van der Waals surface area contributed by atoms with Crippen molar-refractivity contribution in [1.29, 1.82) is 0 Å². The van der Waals surface area contributed by atoms with E-state index in [0.29, 0.717) is 64.4 Å². The molecule has 3 aliphatic heterocycles. The topological polar surface area (TPSA) is 109 Å². The number of H-pyrrole nitrogens is 1. The van der Waals surface area contributed by atoms with Gasteiger partial charge in [-0.1, -0.05) is 23.8 Å². The highest BCUT2D eigenvalue weighted by atomic mass is 35.5. The Morgan fingerprint density at radius 3 is 3.02 bits per heavy atom. The number of carbonyl (C=O) groups excluding carboxylic acids is 1. The molecular formula is C30H30ClF2N7O3. The smallest absolute Gasteiger partial charge is 0.319 e. The summed E-state index contributed by atoms with van der Waals surface area (Å²) in [6.45, 7) is 3.89. The summed E-state index contributed by atoms with van der Waals surface area (Å²) in [5, 5.41) is 8.41. The summed E-state index contributed by atoms with van der Waals surface area (Å²) < 4.78 is 42.8. The molecule has 0 saturated carbocycles. The highest BCUT2D eigenvalue weighted by Crippen LogP contribution is 2.42. The van der Waals surface area contributed by atoms with Crippen LogP contribution in [0.4, 0.5) is 14.6 Å². The maximum Gasteiger partial charge on any atom is 0.319 e. The van der Waals surface area contributed by atoms with Crippen molar-refractivity contribution < 1.29 is 23.0 Å². The number of nitrogens with zero attached hydrogens (tertiary/aromatic N) is 6. The van der Waals surface area contributed by atoms with Crippen molar-refractivity contribution in [3.05, 3.63) is 40.9 Å². The summed E-state index contributed by atoms with van der Waals surface area (Å²) in [4.78, 5) is 30.1. The van der Waals surface area contributed by atoms with E-state index in [1.807, 2.05) is 13.0 Å². The minimum atomic E-state index is -0.921. The third-order valence-corrected chi connectivity index (χ3v) is 8.93. The number of carbonyl (C=O) groups is 1. The first kappa shape index (κ1) is 28.1. The third-order valence-electron chi connectivity index (χ3n) is 8.62. The van der Waals surface area contributed by atoms with E-state index in [0.717, 1.165) is 19.4 Å². The maximum absolute atomic E-state index is 16.8. The van der Waals surface area contributed by atoms with Crippen molar-refractivity contribution in [2.45, 2.75) is 37.9 Å². The predicted octanol–water partition coefficient (Wildman–Crippen LogP) is 4.75. The quantitative estimate of drug-likeness (QED) is 0.331. The fourth-order valence-electron chi connectivity index (χ4n) is 6.69. The molecule has 3 aliphatic rings. The van der Waals surface area contributed by atoms with Gasteiger partial charge in [-0.2, -0.15) is 15.1 Å². The number of hydrogen-bond donors (Lipinski definition) is 1. The van der Waals surface area contributed by atoms with Crippen molar-refractivity contribution >= 4 is 51.1 Å². The zero-order valence-electron chi connectivity index (χ0n) is 23.6. The van der Waals surface area contributed by atoms with Crippen molar-refractivity contribution in [3.8, 4) is 17.3 Å². The number of pyridine rings is 1. The van der Waals surface area contributed by atoms with E-state index in [1.165, 1.54) is 6.20 Å². The number of rotatable bonds is 6. The van der Waals surface area contributed by atoms with Crippen molar-refractivity contribution in [2.75, 3.05) is 50.9 Å². The SMILES string of the molecule is C/C=C\c1c(Cl)cc2[nH]ncc2c1-c1ncc2c(N3CCOCC(=O)C3)nc(OC[C@@]34CCCN3C[C@H](F)C4)nc2c1F. The Morgan fingerprint density at radius 1 is 1.28 bits per heavy atom. The number of allylic oxidation sites excluding steroid dienone is 1. The molecular weight excluding hydrogens is 580 g/mol. The second-order valence-corrected chi connectivity index (χ2v) is 11.8. The Hall–Kier alpha value is -3.74. The molecule has 3 aromatic heterocycles. The largest absolute Gasteiger partial charge is 0.461 e. The first-order chi connectivity index (χ1) is 20.9. The molecule has 0 unspecified atom stereocenters. The number of nitrogens with one attached hydrogen (secondary N) is 1. The molecule has 1 aromatic carbocycles. The number of ether oxygens (including phenoxy) is 2. The molecule has 2 atom stereocenters. The van der Waals surface area contributed by atoms with E-state index in [9.17, 15) is 9.18 Å². The number of hydrogen-bond acceptors (Lipinski definition) is 9. The van der Waals surface area contributed by atoms with Crippen molar-refractivity contribution in [3.63, 3.8) is 0 Å². The molecule has 10 nitrogen and oxygen atoms in total. The molecule has 0 spiro atoms. The lowest BCUT2D eigenvalue weighted by molar-refractivity contribution is -0.121. The molecule has 13 heteroatoms. The fraction of sp³-hybridized carbons (Fsp3) is 0.433. The molecule has 224 valence electrons. The molecule has 3 fully saturated rings. The molecule has 0 bridgehead atoms. The number of Topliss-reactive ketones (excluding diaryl/α,β-unsaturated/α-hetero) is 1. The molecule has 43 heavy (non-hydrogen) atoms. The number of aromatic amines is 1. The molecule has 6 heterocycles. The van der Waals surface area contributed by atoms with Gasteiger partial charge in [-0.15, -0.1) is 0 Å². The van der Waals surface area contributed by atoms with Crippen LogP contribution in [0, 0.1) is 5.82 Å². The lowest BCUT2D eigenvalue weighted by Crippen LogP contribution is -2.43. The number of aromatic nitrogens is 5. The number of halogens is 3. The minimum Gasteiger partial charge on any atom is -0.461 e. The highest BCUT2D eigenvalue weighted by Gasteiger charge is 2.49. The van der Waals surface area contributed by atoms with E-state index in [4.69, 9.17) is 21.1 Å². The van der Waals surface area contributed by atoms with Crippen LogP contribution in [0.25, 0.3) is 39.1 Å². The van der Waals surface area contributed by atoms with E-state index >= 15 is 4.39 Å². The third kappa shape index (κ3) is 4.91. The van der Waals surface area contributed by atoms with Crippen LogP contribution >= 0.6 is 11.6 Å². The summed E-state index contributed by atoms with van der Waals surface area (Å²) in [5.74, 6) is -0.501. The summed E-state index contributed by atoms with van der Waals surface area (Å²) in [7, 11) is 0. The molecule has 0 amide bonds. The van der Waals surface area contributed by atoms with E-state index in [2.05, 4.69) is 30.0 Å². The van der Waals surface area contributed by atoms with Gasteiger partial charge in [0.25, 0.3) is 0 Å². The zero-order chi connectivity index (χ0) is 29.7. The molecule has 7 rings (SSSR count). The van der Waals surface area contributed by atoms with Crippen LogP contribution in [-0.2, 0) is 9.53 Å². The fourth-order valence-corrected chi connectivity index (χ4v) is 6.95. The van der Waals surface area contributed by atoms with Gasteiger partial charge < -0.3 is 14.4 Å². The van der Waals surface area contributed by atoms with Gasteiger partial charge in [0, 0.05) is 42.2 Å². The number of ketones is 1. The van der Waals surface area contributed by atoms with Crippen LogP contribution < -0.4 is 9.64 Å². The van der Waals surface area contributed by atoms with Crippen LogP contribution in [0.5, 0.6) is 6.01 Å². The van der Waals surface area contributed by atoms with E-state index in [-0.39, 0.29) is 42.8 Å². The number of anilines is 1. The first-order valence-corrected chi connectivity index (χ1v) is 14.8. The lowest BCUT2D eigenvalue weighted by Gasteiger charge is -2.31. The summed E-state index contributed by atoms with van der Waals surface area (Å²) in [6, 6.07) is 1.69. The van der Waals surface area contributed by atoms with Crippen LogP contribution in [0.3, 0.4) is 0 Å². The monoisotopic (exact) mass is 609 g/mol. The Kier molecular flexibility index (Phi) is 7.22. The van der Waals surface area contributed by atoms with Gasteiger partial charge in [0.1, 0.15) is 36.4 Å². The number of alkyl halides is 1. The molecule has 4 aromatic rings. The summed E-state index contributed by atoms with van der Waals surface area (Å²) >= 11 is 6.63. The Bertz CT molecular complexity index is 1770. The Labute approximate surface area is 251 Å². The van der Waals surface area contributed by atoms with Gasteiger partial charge in [-0.25, -0.2) is 8.78 Å². The minimum absolute atomic E-state index is 0.00836. The van der Waals surface area contributed by atoms with Gasteiger partial charge in [0.15, 0.2) is 11.6 Å². The zero-order valence-corrected chi connectivity index (χ0v) is 24.3. The standard InChI is InChI=1S/C30H30ClF2N7O3/c1-2-4-19-22(31)9-23-20(12-35-38-23)24(19)27-25(33)26-21(11-34-27)28(39-7-8-42-15-18(41)14-39)37-29(36-26)43-16-30-5-3-6-40(30)13-17(32)10-30/h2,4,9,11-12,17H,3,5-8,10,13-16H2,1H3,(H,35,38)/b4-2-/t17-,30+/m1/s1. The maximum atomic E-state index is 16.8. The highest BCUT2D eigenvalue weighted by molar-refractivity contribution is 6.33. The van der Waals surface area contributed by atoms with Crippen LogP contribution in [0.2, 0.25) is 5.02 Å². The summed E-state index contributed by atoms with van der Waals surface area (Å²) in [6.07, 6.45) is 7.94. The van der Waals surface area contributed by atoms with Crippen molar-refractivity contribution in [2.24, 2.45) is 0 Å². The van der Waals surface area contributed by atoms with E-state index in [1.54, 1.807) is 23.2 Å². The number of benzene rings is 1. The van der Waals surface area contributed by atoms with Crippen LogP contribution in [0.15, 0.2) is 24.5 Å². The van der Waals surface area contributed by atoms with E-state index < -0.39 is 17.5 Å². The molecule has 0 aliphatic carbocycles. The van der Waals surface area contributed by atoms with Gasteiger partial charge in [-0.05, 0) is 32.4 Å². The summed E-state index contributed by atoms with van der Waals surface area (Å²) in [5.41, 5.74) is 1.27. The second-order valence-electron chi connectivity index (χ2n) is 11.4. The predicted molar refractivity (Wildman–Crippen MR) is 159 cm³/mol. The first-order valence-electron chi connectivity index (χ1n) is 14.4. The van der Waals surface area contributed by atoms with Gasteiger partial charge in [0.2, 0.25) is 0 Å². The second kappa shape index (κ2) is 11.1. The number of fused-ring (bicyclic) bond motifs is 3. The van der Waals surface area contributed by atoms with Gasteiger partial charge >= 0.3 is 6.01 Å². The Morgan fingerprint density at radius 2 is 2.16 bits per heavy atom. The average Bonchev–Trinajstić information content (AvgIpc) is 3.63.